The third-order valence-electron chi connectivity index (χ3n) is 5.84. The highest BCUT2D eigenvalue weighted by Crippen LogP contribution is 2.53. The number of carbonyl (C=O) groups excluding carboxylic acids is 1. The molecule has 1 aromatic rings. The van der Waals surface area contributed by atoms with E-state index < -0.39 is 36.3 Å². The molecule has 1 atom stereocenters. The zero-order valence-electron chi connectivity index (χ0n) is 15.5. The molecule has 1 aliphatic heterocycles. The predicted octanol–water partition coefficient (Wildman–Crippen LogP) is 3.68. The molecule has 7 heteroatoms. The molecule has 2 fully saturated rings. The van der Waals surface area contributed by atoms with E-state index in [1.54, 1.807) is 35.2 Å². The summed E-state index contributed by atoms with van der Waals surface area (Å²) in [6, 6.07) is 7.62. The van der Waals surface area contributed by atoms with E-state index >= 15 is 0 Å². The molecule has 5 nitrogen and oxygen atoms in total. The van der Waals surface area contributed by atoms with E-state index in [2.05, 4.69) is 5.32 Å². The summed E-state index contributed by atoms with van der Waals surface area (Å²) in [6.45, 7) is 2.24. The average Bonchev–Trinajstić information content (AvgIpc) is 3.34. The maximum Gasteiger partial charge on any atom is 0.329 e. The fraction of sp³-hybridized carbons (Fsp3) is 0.600. The number of carbonyl (C=O) groups is 2. The van der Waals surface area contributed by atoms with Gasteiger partial charge in [-0.2, -0.15) is 0 Å². The predicted molar refractivity (Wildman–Crippen MR) is 96.8 cm³/mol. The van der Waals surface area contributed by atoms with Gasteiger partial charge in [-0.25, -0.2) is 18.4 Å². The Bertz CT molecular complexity index is 696. The van der Waals surface area contributed by atoms with Gasteiger partial charge >= 0.3 is 12.0 Å². The first-order valence-electron chi connectivity index (χ1n) is 9.35. The second-order valence-corrected chi connectivity index (χ2v) is 8.25. The van der Waals surface area contributed by atoms with Gasteiger partial charge in [0, 0.05) is 25.9 Å². The SMILES string of the molecule is C[C@@](CC(F)(F)Cc1ccccc1)(NC(=O)N1CCC2(CC1)CC2)C(=O)O. The topological polar surface area (TPSA) is 69.6 Å². The summed E-state index contributed by atoms with van der Waals surface area (Å²) < 4.78 is 29.1. The highest BCUT2D eigenvalue weighted by molar-refractivity contribution is 5.86. The Kier molecular flexibility index (Phi) is 5.14. The fourth-order valence-electron chi connectivity index (χ4n) is 3.82. The van der Waals surface area contributed by atoms with Gasteiger partial charge in [0.1, 0.15) is 5.54 Å². The number of rotatable bonds is 6. The van der Waals surface area contributed by atoms with Crippen molar-refractivity contribution >= 4 is 12.0 Å². The average molecular weight is 380 g/mol. The summed E-state index contributed by atoms with van der Waals surface area (Å²) in [5.41, 5.74) is -1.24. The van der Waals surface area contributed by atoms with Crippen LogP contribution in [0.15, 0.2) is 30.3 Å². The van der Waals surface area contributed by atoms with Crippen molar-refractivity contribution in [3.63, 3.8) is 0 Å². The smallest absolute Gasteiger partial charge is 0.329 e. The van der Waals surface area contributed by atoms with E-state index in [1.165, 1.54) is 12.8 Å². The molecule has 3 rings (SSSR count). The van der Waals surface area contributed by atoms with E-state index in [1.807, 2.05) is 0 Å². The van der Waals surface area contributed by atoms with Crippen LogP contribution in [0, 0.1) is 5.41 Å². The summed E-state index contributed by atoms with van der Waals surface area (Å²) >= 11 is 0. The van der Waals surface area contributed by atoms with Crippen LogP contribution in [-0.2, 0) is 11.2 Å². The molecular weight excluding hydrogens is 354 g/mol. The normalized spacial score (nSPS) is 20.8. The second-order valence-electron chi connectivity index (χ2n) is 8.25. The molecule has 0 unspecified atom stereocenters. The lowest BCUT2D eigenvalue weighted by atomic mass is 9.90. The van der Waals surface area contributed by atoms with Crippen LogP contribution >= 0.6 is 0 Å². The summed E-state index contributed by atoms with van der Waals surface area (Å²) in [4.78, 5) is 25.8. The van der Waals surface area contributed by atoms with Crippen molar-refractivity contribution in [2.45, 2.75) is 56.9 Å². The standard InChI is InChI=1S/C20H26F2N2O3/c1-18(16(25)26,14-20(21,22)13-15-5-3-2-4-6-15)23-17(27)24-11-9-19(7-8-19)10-12-24/h2-6H,7-14H2,1H3,(H,23,27)(H,25,26)/t18-/m0/s1. The van der Waals surface area contributed by atoms with Gasteiger partial charge in [-0.1, -0.05) is 30.3 Å². The number of aliphatic carboxylic acids is 1. The zero-order chi connectivity index (χ0) is 19.7. The number of halogens is 2. The number of urea groups is 1. The number of nitrogens with one attached hydrogen (secondary N) is 1. The van der Waals surface area contributed by atoms with E-state index in [0.29, 0.717) is 24.1 Å². The Hall–Kier alpha value is -2.18. The molecule has 1 aliphatic carbocycles. The number of piperidine rings is 1. The van der Waals surface area contributed by atoms with Gasteiger partial charge in [0.25, 0.3) is 5.92 Å². The highest BCUT2D eigenvalue weighted by atomic mass is 19.3. The van der Waals surface area contributed by atoms with Crippen molar-refractivity contribution in [1.29, 1.82) is 0 Å². The molecule has 0 bridgehead atoms. The number of benzene rings is 1. The number of amides is 2. The second kappa shape index (κ2) is 7.09. The summed E-state index contributed by atoms with van der Waals surface area (Å²) in [5, 5.41) is 11.9. The lowest BCUT2D eigenvalue weighted by Gasteiger charge is -2.36. The molecule has 2 N–H and O–H groups in total. The fourth-order valence-corrected chi connectivity index (χ4v) is 3.82. The number of hydrogen-bond donors (Lipinski definition) is 2. The third-order valence-corrected chi connectivity index (χ3v) is 5.84. The highest BCUT2D eigenvalue weighted by Gasteiger charge is 2.48. The van der Waals surface area contributed by atoms with Crippen molar-refractivity contribution < 1.29 is 23.5 Å². The van der Waals surface area contributed by atoms with Crippen molar-refractivity contribution in [2.75, 3.05) is 13.1 Å². The lowest BCUT2D eigenvalue weighted by Crippen LogP contribution is -2.59. The van der Waals surface area contributed by atoms with E-state index in [4.69, 9.17) is 0 Å². The van der Waals surface area contributed by atoms with Crippen LogP contribution in [0.3, 0.4) is 0 Å². The van der Waals surface area contributed by atoms with E-state index in [9.17, 15) is 23.5 Å². The number of carboxylic acid groups (broad SMARTS) is 1. The van der Waals surface area contributed by atoms with E-state index in [0.717, 1.165) is 19.8 Å². The first-order valence-corrected chi connectivity index (χ1v) is 9.35. The monoisotopic (exact) mass is 380 g/mol. The number of carboxylic acids is 1. The van der Waals surface area contributed by atoms with E-state index in [-0.39, 0.29) is 0 Å². The molecule has 1 saturated carbocycles. The van der Waals surface area contributed by atoms with Gasteiger partial charge in [0.15, 0.2) is 0 Å². The first kappa shape index (κ1) is 19.6. The zero-order valence-corrected chi connectivity index (χ0v) is 15.5. The first-order chi connectivity index (χ1) is 12.6. The minimum Gasteiger partial charge on any atom is -0.480 e. The third kappa shape index (κ3) is 4.76. The maximum absolute atomic E-state index is 14.5. The quantitative estimate of drug-likeness (QED) is 0.791. The van der Waals surface area contributed by atoms with Crippen molar-refractivity contribution in [3.8, 4) is 0 Å². The number of likely N-dealkylation sites (tertiary alicyclic amines) is 1. The molecule has 1 aromatic carbocycles. The molecule has 2 aliphatic rings. The summed E-state index contributed by atoms with van der Waals surface area (Å²) in [7, 11) is 0. The van der Waals surface area contributed by atoms with Crippen LogP contribution in [0.4, 0.5) is 13.6 Å². The van der Waals surface area contributed by atoms with Gasteiger partial charge in [-0.15, -0.1) is 0 Å². The molecule has 148 valence electrons. The molecule has 0 aromatic heterocycles. The Labute approximate surface area is 157 Å². The lowest BCUT2D eigenvalue weighted by molar-refractivity contribution is -0.148. The maximum atomic E-state index is 14.5. The van der Waals surface area contributed by atoms with Gasteiger partial charge < -0.3 is 15.3 Å². The molecule has 27 heavy (non-hydrogen) atoms. The van der Waals surface area contributed by atoms with Crippen LogP contribution in [0.1, 0.15) is 44.6 Å². The van der Waals surface area contributed by atoms with Crippen LogP contribution in [-0.4, -0.2) is 46.6 Å². The van der Waals surface area contributed by atoms with Gasteiger partial charge in [-0.05, 0) is 43.6 Å². The van der Waals surface area contributed by atoms with Crippen molar-refractivity contribution in [1.82, 2.24) is 10.2 Å². The van der Waals surface area contributed by atoms with Gasteiger partial charge in [0.2, 0.25) is 0 Å². The van der Waals surface area contributed by atoms with Gasteiger partial charge in [-0.3, -0.25) is 0 Å². The largest absolute Gasteiger partial charge is 0.480 e. The minimum absolute atomic E-state index is 0.371. The van der Waals surface area contributed by atoms with Crippen LogP contribution in [0.2, 0.25) is 0 Å². The molecule has 1 heterocycles. The number of nitrogens with zero attached hydrogens (tertiary/aromatic N) is 1. The van der Waals surface area contributed by atoms with Crippen LogP contribution < -0.4 is 5.32 Å². The molecule has 0 radical (unpaired) electrons. The Morgan fingerprint density at radius 1 is 1.15 bits per heavy atom. The number of hydrogen-bond acceptors (Lipinski definition) is 2. The molecule has 2 amide bonds. The van der Waals surface area contributed by atoms with Gasteiger partial charge in [0.05, 0.1) is 0 Å². The van der Waals surface area contributed by atoms with Crippen LogP contribution in [0.25, 0.3) is 0 Å². The molecular formula is C20H26F2N2O3. The van der Waals surface area contributed by atoms with Crippen molar-refractivity contribution in [3.05, 3.63) is 35.9 Å². The number of alkyl halides is 2. The Morgan fingerprint density at radius 3 is 2.26 bits per heavy atom. The molecule has 1 saturated heterocycles. The van der Waals surface area contributed by atoms with Crippen molar-refractivity contribution in [2.24, 2.45) is 5.41 Å². The Balaban J connectivity index is 1.63. The summed E-state index contributed by atoms with van der Waals surface area (Å²) in [5.74, 6) is -4.72. The Morgan fingerprint density at radius 2 is 1.74 bits per heavy atom. The van der Waals surface area contributed by atoms with Crippen LogP contribution in [0.5, 0.6) is 0 Å². The molecule has 1 spiro atoms. The minimum atomic E-state index is -3.26. The summed E-state index contributed by atoms with van der Waals surface area (Å²) in [6.07, 6.45) is 2.62.